The van der Waals surface area contributed by atoms with Gasteiger partial charge < -0.3 is 10.0 Å². The first kappa shape index (κ1) is 16.3. The second kappa shape index (κ2) is 6.37. The number of carbonyl (C=O) groups is 2. The first-order valence-electron chi connectivity index (χ1n) is 6.96. The highest BCUT2D eigenvalue weighted by Crippen LogP contribution is 2.24. The molecule has 1 aliphatic rings. The predicted molar refractivity (Wildman–Crippen MR) is 72.4 cm³/mol. The van der Waals surface area contributed by atoms with Crippen molar-refractivity contribution in [2.75, 3.05) is 6.54 Å². The highest BCUT2D eigenvalue weighted by Gasteiger charge is 2.28. The number of rotatable bonds is 4. The van der Waals surface area contributed by atoms with E-state index in [0.717, 1.165) is 11.1 Å². The number of fused-ring (bicyclic) bond motifs is 1. The van der Waals surface area contributed by atoms with Crippen molar-refractivity contribution in [2.24, 2.45) is 0 Å². The maximum Gasteiger partial charge on any atom is 0.389 e. The van der Waals surface area contributed by atoms with Crippen LogP contribution in [0.25, 0.3) is 0 Å². The van der Waals surface area contributed by atoms with Crippen molar-refractivity contribution in [3.05, 3.63) is 34.9 Å². The molecule has 1 aromatic carbocycles. The minimum Gasteiger partial charge on any atom is -0.478 e. The van der Waals surface area contributed by atoms with Gasteiger partial charge in [-0.25, -0.2) is 4.79 Å². The number of carbonyl (C=O) groups excluding carboxylic acids is 1. The molecule has 1 heterocycles. The summed E-state index contributed by atoms with van der Waals surface area (Å²) < 4.78 is 36.2. The van der Waals surface area contributed by atoms with Gasteiger partial charge in [0.2, 0.25) is 5.91 Å². The molecule has 1 amide bonds. The zero-order chi connectivity index (χ0) is 16.3. The highest BCUT2D eigenvalue weighted by molar-refractivity contribution is 5.88. The van der Waals surface area contributed by atoms with E-state index in [9.17, 15) is 22.8 Å². The summed E-state index contributed by atoms with van der Waals surface area (Å²) in [5.41, 5.74) is 1.92. The minimum absolute atomic E-state index is 0.123. The molecule has 0 unspecified atom stereocenters. The number of hydrogen-bond acceptors (Lipinski definition) is 2. The standard InChI is InChI=1S/C15H16F3NO3/c16-15(17,18)6-1-2-13(20)19-7-5-10-8-11(14(21)22)3-4-12(10)9-19/h3-4,8H,1-2,5-7,9H2,(H,21,22). The Hall–Kier alpha value is -2.05. The third-order valence-corrected chi connectivity index (χ3v) is 3.67. The van der Waals surface area contributed by atoms with Gasteiger partial charge in [0, 0.05) is 25.9 Å². The monoisotopic (exact) mass is 315 g/mol. The summed E-state index contributed by atoms with van der Waals surface area (Å²) in [7, 11) is 0. The van der Waals surface area contributed by atoms with Crippen molar-refractivity contribution >= 4 is 11.9 Å². The smallest absolute Gasteiger partial charge is 0.389 e. The fraction of sp³-hybridized carbons (Fsp3) is 0.467. The molecule has 0 spiro atoms. The maximum atomic E-state index is 12.1. The van der Waals surface area contributed by atoms with E-state index in [2.05, 4.69) is 0 Å². The van der Waals surface area contributed by atoms with E-state index >= 15 is 0 Å². The third-order valence-electron chi connectivity index (χ3n) is 3.67. The van der Waals surface area contributed by atoms with Gasteiger partial charge >= 0.3 is 12.1 Å². The number of alkyl halides is 3. The highest BCUT2D eigenvalue weighted by atomic mass is 19.4. The Bertz CT molecular complexity index is 584. The molecule has 0 fully saturated rings. The minimum atomic E-state index is -4.23. The molecule has 0 aromatic heterocycles. The first-order valence-corrected chi connectivity index (χ1v) is 6.96. The molecule has 0 saturated carbocycles. The molecule has 0 atom stereocenters. The van der Waals surface area contributed by atoms with Gasteiger partial charge in [0.05, 0.1) is 5.56 Å². The van der Waals surface area contributed by atoms with E-state index in [1.54, 1.807) is 12.1 Å². The molecule has 0 radical (unpaired) electrons. The van der Waals surface area contributed by atoms with Crippen LogP contribution in [0.2, 0.25) is 0 Å². The molecule has 1 aliphatic heterocycles. The molecule has 120 valence electrons. The number of amides is 1. The number of halogens is 3. The van der Waals surface area contributed by atoms with Crippen LogP contribution in [0.5, 0.6) is 0 Å². The molecule has 0 bridgehead atoms. The van der Waals surface area contributed by atoms with Gasteiger partial charge in [-0.15, -0.1) is 0 Å². The van der Waals surface area contributed by atoms with Crippen LogP contribution in [0, 0.1) is 0 Å². The van der Waals surface area contributed by atoms with Crippen LogP contribution in [0.4, 0.5) is 13.2 Å². The van der Waals surface area contributed by atoms with E-state index in [1.807, 2.05) is 0 Å². The zero-order valence-electron chi connectivity index (χ0n) is 11.8. The Morgan fingerprint density at radius 1 is 1.23 bits per heavy atom. The largest absolute Gasteiger partial charge is 0.478 e. The molecule has 7 heteroatoms. The van der Waals surface area contributed by atoms with Crippen molar-refractivity contribution in [3.63, 3.8) is 0 Å². The van der Waals surface area contributed by atoms with Crippen molar-refractivity contribution in [3.8, 4) is 0 Å². The number of nitrogens with zero attached hydrogens (tertiary/aromatic N) is 1. The molecule has 2 rings (SSSR count). The molecular formula is C15H16F3NO3. The van der Waals surface area contributed by atoms with Crippen LogP contribution in [-0.4, -0.2) is 34.6 Å². The SMILES string of the molecule is O=C(O)c1ccc2c(c1)CCN(C(=O)CCCC(F)(F)F)C2. The van der Waals surface area contributed by atoms with E-state index in [1.165, 1.54) is 11.0 Å². The summed E-state index contributed by atoms with van der Waals surface area (Å²) in [6, 6.07) is 4.72. The van der Waals surface area contributed by atoms with E-state index in [-0.39, 0.29) is 24.3 Å². The number of carboxylic acids is 1. The van der Waals surface area contributed by atoms with Gasteiger partial charge in [0.15, 0.2) is 0 Å². The Labute approximate surface area is 125 Å². The molecule has 0 aliphatic carbocycles. The van der Waals surface area contributed by atoms with Crippen LogP contribution in [0.1, 0.15) is 40.7 Å². The summed E-state index contributed by atoms with van der Waals surface area (Å²) in [4.78, 5) is 24.4. The average Bonchev–Trinajstić information content (AvgIpc) is 2.44. The lowest BCUT2D eigenvalue weighted by atomic mass is 9.97. The zero-order valence-corrected chi connectivity index (χ0v) is 11.8. The summed E-state index contributed by atoms with van der Waals surface area (Å²) in [6.45, 7) is 0.723. The fourth-order valence-electron chi connectivity index (χ4n) is 2.50. The van der Waals surface area contributed by atoms with Gasteiger partial charge in [0.1, 0.15) is 0 Å². The fourth-order valence-corrected chi connectivity index (χ4v) is 2.50. The Kier molecular flexibility index (Phi) is 4.73. The molecule has 1 N–H and O–H groups in total. The second-order valence-corrected chi connectivity index (χ2v) is 5.32. The Morgan fingerprint density at radius 3 is 2.59 bits per heavy atom. The van der Waals surface area contributed by atoms with Crippen LogP contribution in [-0.2, 0) is 17.8 Å². The lowest BCUT2D eigenvalue weighted by Crippen LogP contribution is -2.36. The molecular weight excluding hydrogens is 299 g/mol. The van der Waals surface area contributed by atoms with Gasteiger partial charge in [-0.3, -0.25) is 4.79 Å². The van der Waals surface area contributed by atoms with Crippen LogP contribution >= 0.6 is 0 Å². The third kappa shape index (κ3) is 4.22. The normalized spacial score (nSPS) is 14.6. The van der Waals surface area contributed by atoms with E-state index in [0.29, 0.717) is 19.5 Å². The number of carboxylic acid groups (broad SMARTS) is 1. The van der Waals surface area contributed by atoms with Crippen molar-refractivity contribution in [1.29, 1.82) is 0 Å². The summed E-state index contributed by atoms with van der Waals surface area (Å²) in [6.07, 6.45) is -5.00. The Balaban J connectivity index is 1.94. The van der Waals surface area contributed by atoms with Crippen LogP contribution < -0.4 is 0 Å². The van der Waals surface area contributed by atoms with Gasteiger partial charge in [-0.1, -0.05) is 6.07 Å². The predicted octanol–water partition coefficient (Wildman–Crippen LogP) is 3.00. The van der Waals surface area contributed by atoms with Crippen LogP contribution in [0.15, 0.2) is 18.2 Å². The van der Waals surface area contributed by atoms with E-state index < -0.39 is 18.6 Å². The van der Waals surface area contributed by atoms with Crippen molar-refractivity contribution in [2.45, 2.75) is 38.4 Å². The molecule has 1 aromatic rings. The number of aromatic carboxylic acids is 1. The van der Waals surface area contributed by atoms with Crippen molar-refractivity contribution in [1.82, 2.24) is 4.90 Å². The summed E-state index contributed by atoms with van der Waals surface area (Å²) in [5, 5.41) is 8.93. The number of hydrogen-bond donors (Lipinski definition) is 1. The first-order chi connectivity index (χ1) is 10.3. The van der Waals surface area contributed by atoms with Crippen LogP contribution in [0.3, 0.4) is 0 Å². The average molecular weight is 315 g/mol. The van der Waals surface area contributed by atoms with E-state index in [4.69, 9.17) is 5.11 Å². The number of benzene rings is 1. The molecule has 4 nitrogen and oxygen atoms in total. The van der Waals surface area contributed by atoms with Crippen molar-refractivity contribution < 1.29 is 27.9 Å². The molecule has 0 saturated heterocycles. The topological polar surface area (TPSA) is 57.6 Å². The van der Waals surface area contributed by atoms with Gasteiger partial charge in [0.25, 0.3) is 0 Å². The summed E-state index contributed by atoms with van der Waals surface area (Å²) in [5.74, 6) is -1.30. The molecule has 22 heavy (non-hydrogen) atoms. The van der Waals surface area contributed by atoms with Gasteiger partial charge in [-0.05, 0) is 36.1 Å². The quantitative estimate of drug-likeness (QED) is 0.929. The maximum absolute atomic E-state index is 12.1. The van der Waals surface area contributed by atoms with Gasteiger partial charge in [-0.2, -0.15) is 13.2 Å². The second-order valence-electron chi connectivity index (χ2n) is 5.32. The Morgan fingerprint density at radius 2 is 1.95 bits per heavy atom. The lowest BCUT2D eigenvalue weighted by molar-refractivity contribution is -0.140. The lowest BCUT2D eigenvalue weighted by Gasteiger charge is -2.29. The summed E-state index contributed by atoms with van der Waals surface area (Å²) >= 11 is 0.